The Morgan fingerprint density at radius 2 is 1.94 bits per heavy atom. The van der Waals surface area contributed by atoms with E-state index < -0.39 is 20.6 Å². The Balaban J connectivity index is 1.54. The van der Waals surface area contributed by atoms with E-state index >= 15 is 0 Å². The molecule has 3 aromatic rings. The number of halogens is 1. The molecule has 162 valence electrons. The van der Waals surface area contributed by atoms with Crippen molar-refractivity contribution in [1.82, 2.24) is 9.29 Å². The molecule has 0 atom stereocenters. The molecule has 0 N–H and O–H groups in total. The normalized spacial score (nSPS) is 14.6. The summed E-state index contributed by atoms with van der Waals surface area (Å²) in [4.78, 5) is 15.3. The van der Waals surface area contributed by atoms with Crippen molar-refractivity contribution in [3.05, 3.63) is 68.7 Å². The lowest BCUT2D eigenvalue weighted by molar-refractivity contribution is -0.386. The van der Waals surface area contributed by atoms with E-state index in [0.717, 1.165) is 24.5 Å². The topological polar surface area (TPSA) is 103 Å². The first-order valence-electron chi connectivity index (χ1n) is 9.47. The fourth-order valence-corrected chi connectivity index (χ4v) is 5.95. The highest BCUT2D eigenvalue weighted by Crippen LogP contribution is 2.33. The summed E-state index contributed by atoms with van der Waals surface area (Å²) in [6.07, 6.45) is 1.57. The number of thiazole rings is 1. The number of hydrogen-bond acceptors (Lipinski definition) is 7. The molecule has 4 rings (SSSR count). The Morgan fingerprint density at radius 3 is 2.65 bits per heavy atom. The molecule has 1 aliphatic heterocycles. The van der Waals surface area contributed by atoms with Gasteiger partial charge in [0.15, 0.2) is 5.75 Å². The highest BCUT2D eigenvalue weighted by Gasteiger charge is 2.30. The predicted octanol–water partition coefficient (Wildman–Crippen LogP) is 4.74. The van der Waals surface area contributed by atoms with E-state index in [1.807, 2.05) is 18.2 Å². The second kappa shape index (κ2) is 8.91. The Kier molecular flexibility index (Phi) is 6.24. The summed E-state index contributed by atoms with van der Waals surface area (Å²) in [6, 6.07) is 11.0. The van der Waals surface area contributed by atoms with E-state index in [2.05, 4.69) is 4.98 Å². The van der Waals surface area contributed by atoms with Crippen molar-refractivity contribution in [2.75, 3.05) is 13.1 Å². The molecule has 0 unspecified atom stereocenters. The maximum atomic E-state index is 12.7. The van der Waals surface area contributed by atoms with Crippen molar-refractivity contribution in [3.63, 3.8) is 0 Å². The van der Waals surface area contributed by atoms with Crippen molar-refractivity contribution < 1.29 is 18.1 Å². The van der Waals surface area contributed by atoms with E-state index in [1.54, 1.807) is 11.4 Å². The molecule has 1 aromatic heterocycles. The van der Waals surface area contributed by atoms with Crippen molar-refractivity contribution in [1.29, 1.82) is 0 Å². The van der Waals surface area contributed by atoms with Crippen LogP contribution in [0.5, 0.6) is 5.75 Å². The smallest absolute Gasteiger partial charge is 0.312 e. The molecule has 0 bridgehead atoms. The van der Waals surface area contributed by atoms with Gasteiger partial charge in [0, 0.05) is 30.1 Å². The predicted molar refractivity (Wildman–Crippen MR) is 118 cm³/mol. The van der Waals surface area contributed by atoms with Crippen molar-refractivity contribution in [2.24, 2.45) is 0 Å². The fourth-order valence-electron chi connectivity index (χ4n) is 3.28. The molecule has 2 aromatic carbocycles. The van der Waals surface area contributed by atoms with Crippen LogP contribution in [0.3, 0.4) is 0 Å². The van der Waals surface area contributed by atoms with Crippen molar-refractivity contribution >= 4 is 38.6 Å². The second-order valence-corrected chi connectivity index (χ2v) is 10.1. The van der Waals surface area contributed by atoms with Crippen LogP contribution >= 0.6 is 22.9 Å². The van der Waals surface area contributed by atoms with Gasteiger partial charge in [-0.25, -0.2) is 13.4 Å². The summed E-state index contributed by atoms with van der Waals surface area (Å²) in [6.45, 7) is 0.845. The van der Waals surface area contributed by atoms with Crippen molar-refractivity contribution in [2.45, 2.75) is 24.3 Å². The Morgan fingerprint density at radius 1 is 1.19 bits per heavy atom. The Labute approximate surface area is 188 Å². The lowest BCUT2D eigenvalue weighted by atomic mass is 10.2. The zero-order valence-electron chi connectivity index (χ0n) is 16.2. The lowest BCUT2D eigenvalue weighted by Crippen LogP contribution is -2.27. The molecule has 0 saturated carbocycles. The van der Waals surface area contributed by atoms with Crippen LogP contribution in [-0.2, 0) is 16.6 Å². The minimum atomic E-state index is -3.76. The van der Waals surface area contributed by atoms with E-state index in [1.165, 1.54) is 27.8 Å². The molecule has 0 amide bonds. The van der Waals surface area contributed by atoms with Crippen LogP contribution in [0.4, 0.5) is 5.69 Å². The number of nitro groups is 1. The average molecular weight is 480 g/mol. The quantitative estimate of drug-likeness (QED) is 0.358. The van der Waals surface area contributed by atoms with Gasteiger partial charge in [-0.1, -0.05) is 29.8 Å². The number of ether oxygens (including phenoxy) is 1. The first-order valence-corrected chi connectivity index (χ1v) is 12.2. The molecule has 1 saturated heterocycles. The van der Waals surface area contributed by atoms with Gasteiger partial charge < -0.3 is 4.74 Å². The largest absolute Gasteiger partial charge is 0.480 e. The molecular formula is C20H18ClN3O5S2. The monoisotopic (exact) mass is 479 g/mol. The minimum Gasteiger partial charge on any atom is -0.480 e. The Hall–Kier alpha value is -2.53. The summed E-state index contributed by atoms with van der Waals surface area (Å²) in [5.74, 6) is -0.0161. The van der Waals surface area contributed by atoms with Crippen LogP contribution in [0.1, 0.15) is 18.5 Å². The van der Waals surface area contributed by atoms with Gasteiger partial charge in [0.05, 0.1) is 20.5 Å². The third-order valence-electron chi connectivity index (χ3n) is 4.86. The van der Waals surface area contributed by atoms with E-state index in [4.69, 9.17) is 16.3 Å². The van der Waals surface area contributed by atoms with E-state index in [0.29, 0.717) is 28.8 Å². The summed E-state index contributed by atoms with van der Waals surface area (Å²) in [7, 11) is -3.76. The SMILES string of the molecule is O=[N+]([O-])c1cc(S(=O)(=O)N2CCCC2)ccc1OCc1csc(-c2ccccc2Cl)n1. The number of rotatable bonds is 7. The number of nitro benzene ring substituents is 1. The van der Waals surface area contributed by atoms with Gasteiger partial charge in [0.25, 0.3) is 0 Å². The van der Waals surface area contributed by atoms with E-state index in [-0.39, 0.29) is 17.3 Å². The average Bonchev–Trinajstić information content (AvgIpc) is 3.45. The van der Waals surface area contributed by atoms with Gasteiger partial charge in [-0.3, -0.25) is 10.1 Å². The highest BCUT2D eigenvalue weighted by molar-refractivity contribution is 7.89. The van der Waals surface area contributed by atoms with Gasteiger partial charge in [-0.05, 0) is 31.0 Å². The van der Waals surface area contributed by atoms with Crippen LogP contribution in [-0.4, -0.2) is 35.7 Å². The fraction of sp³-hybridized carbons (Fsp3) is 0.250. The molecule has 1 fully saturated rings. The molecule has 11 heteroatoms. The van der Waals surface area contributed by atoms with E-state index in [9.17, 15) is 18.5 Å². The van der Waals surface area contributed by atoms with Crippen LogP contribution < -0.4 is 4.74 Å². The van der Waals surface area contributed by atoms with Crippen LogP contribution in [0.2, 0.25) is 5.02 Å². The first-order chi connectivity index (χ1) is 14.9. The lowest BCUT2D eigenvalue weighted by Gasteiger charge is -2.15. The number of nitrogens with zero attached hydrogens (tertiary/aromatic N) is 3. The molecular weight excluding hydrogens is 462 g/mol. The third-order valence-corrected chi connectivity index (χ3v) is 8.01. The molecule has 0 aliphatic carbocycles. The zero-order valence-corrected chi connectivity index (χ0v) is 18.6. The maximum Gasteiger partial charge on any atom is 0.312 e. The number of benzene rings is 2. The van der Waals surface area contributed by atoms with Crippen LogP contribution in [0.25, 0.3) is 10.6 Å². The standard InChI is InChI=1S/C20H18ClN3O5S2/c21-17-6-2-1-5-16(17)20-22-14(13-30-20)12-29-19-8-7-15(11-18(19)24(25)26)31(27,28)23-9-3-4-10-23/h1-2,5-8,11,13H,3-4,9-10,12H2. The molecule has 31 heavy (non-hydrogen) atoms. The van der Waals surface area contributed by atoms with Gasteiger partial charge >= 0.3 is 5.69 Å². The third kappa shape index (κ3) is 4.57. The van der Waals surface area contributed by atoms with Crippen molar-refractivity contribution in [3.8, 4) is 16.3 Å². The molecule has 8 nitrogen and oxygen atoms in total. The highest BCUT2D eigenvalue weighted by atomic mass is 35.5. The summed E-state index contributed by atoms with van der Waals surface area (Å²) in [5, 5.41) is 14.6. The molecule has 1 aliphatic rings. The molecule has 2 heterocycles. The van der Waals surface area contributed by atoms with Crippen LogP contribution in [0.15, 0.2) is 52.7 Å². The summed E-state index contributed by atoms with van der Waals surface area (Å²) >= 11 is 7.59. The van der Waals surface area contributed by atoms with Gasteiger partial charge in [0.2, 0.25) is 10.0 Å². The number of hydrogen-bond donors (Lipinski definition) is 0. The number of aromatic nitrogens is 1. The molecule has 0 radical (unpaired) electrons. The second-order valence-electron chi connectivity index (χ2n) is 6.91. The first kappa shape index (κ1) is 21.7. The Bertz CT molecular complexity index is 1220. The summed E-state index contributed by atoms with van der Waals surface area (Å²) < 4.78 is 32.4. The minimum absolute atomic E-state index is 0.0000142. The van der Waals surface area contributed by atoms with Gasteiger partial charge in [-0.15, -0.1) is 11.3 Å². The molecule has 0 spiro atoms. The maximum absolute atomic E-state index is 12.7. The summed E-state index contributed by atoms with van der Waals surface area (Å²) in [5.41, 5.74) is 0.979. The number of sulfonamides is 1. The van der Waals surface area contributed by atoms with Crippen LogP contribution in [0, 0.1) is 10.1 Å². The zero-order chi connectivity index (χ0) is 22.0. The van der Waals surface area contributed by atoms with Gasteiger partial charge in [-0.2, -0.15) is 4.31 Å². The van der Waals surface area contributed by atoms with Gasteiger partial charge in [0.1, 0.15) is 11.6 Å².